The molecule has 0 unspecified atom stereocenters. The van der Waals surface area contributed by atoms with Gasteiger partial charge in [0.15, 0.2) is 0 Å². The van der Waals surface area contributed by atoms with Crippen LogP contribution < -0.4 is 0 Å². The van der Waals surface area contributed by atoms with Gasteiger partial charge in [0.25, 0.3) is 0 Å². The van der Waals surface area contributed by atoms with Gasteiger partial charge in [-0.2, -0.15) is 0 Å². The summed E-state index contributed by atoms with van der Waals surface area (Å²) in [6.45, 7) is 1.88. The van der Waals surface area contributed by atoms with Crippen molar-refractivity contribution >= 4 is 0 Å². The molecular weight excluding hydrogens is 192 g/mol. The number of benzene rings is 2. The molecule has 2 aromatic rings. The third-order valence-corrected chi connectivity index (χ3v) is 3.06. The van der Waals surface area contributed by atoms with E-state index in [0.717, 1.165) is 12.0 Å². The van der Waals surface area contributed by atoms with E-state index in [1.54, 1.807) is 0 Å². The highest BCUT2D eigenvalue weighted by Crippen LogP contribution is 2.36. The van der Waals surface area contributed by atoms with Gasteiger partial charge in [0.2, 0.25) is 0 Å². The first-order valence-electron chi connectivity index (χ1n) is 5.52. The van der Waals surface area contributed by atoms with Gasteiger partial charge >= 0.3 is 0 Å². The van der Waals surface area contributed by atoms with Crippen molar-refractivity contribution in [2.45, 2.75) is 13.3 Å². The lowest BCUT2D eigenvalue weighted by molar-refractivity contribution is 1.26. The van der Waals surface area contributed by atoms with E-state index in [2.05, 4.69) is 54.3 Å². The Morgan fingerprint density at radius 2 is 1.75 bits per heavy atom. The smallest absolute Gasteiger partial charge is 0.0248 e. The van der Waals surface area contributed by atoms with Crippen molar-refractivity contribution < 1.29 is 0 Å². The summed E-state index contributed by atoms with van der Waals surface area (Å²) in [6.07, 6.45) is 1.05. The average molecular weight is 204 g/mol. The van der Waals surface area contributed by atoms with Crippen LogP contribution in [0.15, 0.2) is 42.5 Å². The van der Waals surface area contributed by atoms with Crippen LogP contribution in [-0.2, 0) is 6.42 Å². The lowest BCUT2D eigenvalue weighted by atomic mass is 10.0. The number of rotatable bonds is 0. The Labute approximate surface area is 95.9 Å². The van der Waals surface area contributed by atoms with E-state index in [1.165, 1.54) is 22.3 Å². The lowest BCUT2D eigenvalue weighted by Gasteiger charge is -2.00. The van der Waals surface area contributed by atoms with Crippen LogP contribution in [0.3, 0.4) is 0 Å². The molecule has 0 atom stereocenters. The second-order valence-corrected chi connectivity index (χ2v) is 4.08. The molecule has 0 nitrogen and oxygen atoms in total. The van der Waals surface area contributed by atoms with Gasteiger partial charge in [0, 0.05) is 5.56 Å². The molecule has 0 bridgehead atoms. The molecule has 0 heterocycles. The summed E-state index contributed by atoms with van der Waals surface area (Å²) in [5, 5.41) is 0. The Morgan fingerprint density at radius 3 is 2.62 bits per heavy atom. The zero-order chi connectivity index (χ0) is 11.0. The predicted octanol–water partition coefficient (Wildman–Crippen LogP) is 3.63. The van der Waals surface area contributed by atoms with E-state index >= 15 is 0 Å². The molecule has 0 radical (unpaired) electrons. The Morgan fingerprint density at radius 1 is 0.938 bits per heavy atom. The molecule has 0 saturated carbocycles. The van der Waals surface area contributed by atoms with Crippen molar-refractivity contribution in [3.05, 3.63) is 59.2 Å². The zero-order valence-corrected chi connectivity index (χ0v) is 9.25. The minimum absolute atomic E-state index is 1.05. The standard InChI is InChI=1S/C16H12/c1-2-5-12-8-9-16-14(10-12)11-13-6-3-4-7-15(13)16/h3-4,6-10H,11H2,1H3. The molecule has 3 rings (SSSR count). The normalized spacial score (nSPS) is 11.3. The van der Waals surface area contributed by atoms with Crippen molar-refractivity contribution in [2.24, 2.45) is 0 Å². The highest BCUT2D eigenvalue weighted by molar-refractivity contribution is 5.77. The number of fused-ring (bicyclic) bond motifs is 3. The maximum atomic E-state index is 3.11. The molecule has 0 saturated heterocycles. The largest absolute Gasteiger partial charge is 0.101 e. The van der Waals surface area contributed by atoms with Crippen molar-refractivity contribution in [3.8, 4) is 23.0 Å². The van der Waals surface area contributed by atoms with Crippen LogP contribution in [0, 0.1) is 11.8 Å². The highest BCUT2D eigenvalue weighted by Gasteiger charge is 2.17. The van der Waals surface area contributed by atoms with E-state index in [-0.39, 0.29) is 0 Å². The molecule has 0 aliphatic heterocycles. The quantitative estimate of drug-likeness (QED) is 0.490. The van der Waals surface area contributed by atoms with E-state index in [4.69, 9.17) is 0 Å². The fraction of sp³-hybridized carbons (Fsp3) is 0.125. The summed E-state index contributed by atoms with van der Waals surface area (Å²) >= 11 is 0. The Hall–Kier alpha value is -2.00. The average Bonchev–Trinajstić information content (AvgIpc) is 2.67. The molecule has 0 N–H and O–H groups in total. The third-order valence-electron chi connectivity index (χ3n) is 3.06. The molecule has 1 aliphatic rings. The predicted molar refractivity (Wildman–Crippen MR) is 67.2 cm³/mol. The van der Waals surface area contributed by atoms with Crippen LogP contribution in [-0.4, -0.2) is 0 Å². The van der Waals surface area contributed by atoms with E-state index < -0.39 is 0 Å². The molecule has 2 aromatic carbocycles. The van der Waals surface area contributed by atoms with Crippen LogP contribution in [0.1, 0.15) is 23.6 Å². The Balaban J connectivity index is 2.16. The first kappa shape index (κ1) is 9.24. The van der Waals surface area contributed by atoms with E-state index in [1.807, 2.05) is 6.92 Å². The molecule has 0 aromatic heterocycles. The minimum Gasteiger partial charge on any atom is -0.101 e. The van der Waals surface area contributed by atoms with E-state index in [0.29, 0.717) is 0 Å². The summed E-state index contributed by atoms with van der Waals surface area (Å²) in [4.78, 5) is 0. The maximum Gasteiger partial charge on any atom is 0.0248 e. The number of hydrogen-bond donors (Lipinski definition) is 0. The summed E-state index contributed by atoms with van der Waals surface area (Å²) in [7, 11) is 0. The molecule has 0 amide bonds. The second-order valence-electron chi connectivity index (χ2n) is 4.08. The SMILES string of the molecule is CC#Cc1ccc2c(c1)Cc1ccccc1-2. The van der Waals surface area contributed by atoms with Crippen molar-refractivity contribution in [2.75, 3.05) is 0 Å². The van der Waals surface area contributed by atoms with Crippen molar-refractivity contribution in [1.82, 2.24) is 0 Å². The number of hydrogen-bond acceptors (Lipinski definition) is 0. The molecule has 0 fully saturated rings. The molecule has 1 aliphatic carbocycles. The molecule has 16 heavy (non-hydrogen) atoms. The first-order valence-corrected chi connectivity index (χ1v) is 5.52. The lowest BCUT2D eigenvalue weighted by Crippen LogP contribution is -1.82. The van der Waals surface area contributed by atoms with Gasteiger partial charge in [-0.25, -0.2) is 0 Å². The molecule has 0 heteroatoms. The Bertz CT molecular complexity index is 609. The van der Waals surface area contributed by atoms with Gasteiger partial charge in [0.1, 0.15) is 0 Å². The third kappa shape index (κ3) is 1.33. The van der Waals surface area contributed by atoms with E-state index in [9.17, 15) is 0 Å². The fourth-order valence-electron chi connectivity index (χ4n) is 2.37. The fourth-order valence-corrected chi connectivity index (χ4v) is 2.37. The van der Waals surface area contributed by atoms with Crippen LogP contribution in [0.5, 0.6) is 0 Å². The van der Waals surface area contributed by atoms with Crippen LogP contribution in [0.25, 0.3) is 11.1 Å². The minimum atomic E-state index is 1.05. The second kappa shape index (κ2) is 3.54. The summed E-state index contributed by atoms with van der Waals surface area (Å²) in [5.41, 5.74) is 6.71. The molecule has 0 spiro atoms. The van der Waals surface area contributed by atoms with Gasteiger partial charge in [-0.1, -0.05) is 36.3 Å². The van der Waals surface area contributed by atoms with Crippen LogP contribution in [0.2, 0.25) is 0 Å². The van der Waals surface area contributed by atoms with Gasteiger partial charge in [-0.15, -0.1) is 5.92 Å². The van der Waals surface area contributed by atoms with Crippen molar-refractivity contribution in [3.63, 3.8) is 0 Å². The monoisotopic (exact) mass is 204 g/mol. The highest BCUT2D eigenvalue weighted by atomic mass is 14.2. The molecular formula is C16H12. The molecule has 76 valence electrons. The summed E-state index contributed by atoms with van der Waals surface area (Å²) < 4.78 is 0. The van der Waals surface area contributed by atoms with Gasteiger partial charge in [0.05, 0.1) is 0 Å². The topological polar surface area (TPSA) is 0 Å². The van der Waals surface area contributed by atoms with Gasteiger partial charge < -0.3 is 0 Å². The zero-order valence-electron chi connectivity index (χ0n) is 9.25. The summed E-state index contributed by atoms with van der Waals surface area (Å²) in [6, 6.07) is 15.1. The Kier molecular flexibility index (Phi) is 2.04. The van der Waals surface area contributed by atoms with Crippen LogP contribution in [0.4, 0.5) is 0 Å². The van der Waals surface area contributed by atoms with Crippen LogP contribution >= 0.6 is 0 Å². The maximum absolute atomic E-state index is 3.11. The first-order chi connectivity index (χ1) is 7.88. The van der Waals surface area contributed by atoms with Crippen molar-refractivity contribution in [1.29, 1.82) is 0 Å². The van der Waals surface area contributed by atoms with Gasteiger partial charge in [-0.05, 0) is 47.7 Å². The van der Waals surface area contributed by atoms with Gasteiger partial charge in [-0.3, -0.25) is 0 Å². The summed E-state index contributed by atoms with van der Waals surface area (Å²) in [5.74, 6) is 6.06.